The Morgan fingerprint density at radius 3 is 2.78 bits per heavy atom. The van der Waals surface area contributed by atoms with Crippen LogP contribution in [0.2, 0.25) is 0 Å². The van der Waals surface area contributed by atoms with Crippen LogP contribution in [0.3, 0.4) is 0 Å². The van der Waals surface area contributed by atoms with E-state index in [1.807, 2.05) is 6.92 Å². The Morgan fingerprint density at radius 1 is 1.44 bits per heavy atom. The van der Waals surface area contributed by atoms with Crippen molar-refractivity contribution < 1.29 is 8.42 Å². The second kappa shape index (κ2) is 5.45. The van der Waals surface area contributed by atoms with Crippen molar-refractivity contribution in [2.45, 2.75) is 24.2 Å². The van der Waals surface area contributed by atoms with Gasteiger partial charge in [-0.05, 0) is 23.9 Å². The minimum absolute atomic E-state index is 0.273. The fourth-order valence-corrected chi connectivity index (χ4v) is 4.40. The van der Waals surface area contributed by atoms with Crippen LogP contribution in [0.15, 0.2) is 21.2 Å². The molecule has 0 bridgehead atoms. The van der Waals surface area contributed by atoms with Gasteiger partial charge in [0, 0.05) is 18.0 Å². The highest BCUT2D eigenvalue weighted by Crippen LogP contribution is 2.20. The van der Waals surface area contributed by atoms with Crippen molar-refractivity contribution >= 4 is 32.7 Å². The van der Waals surface area contributed by atoms with E-state index < -0.39 is 10.0 Å². The number of rotatable bonds is 5. The highest BCUT2D eigenvalue weighted by molar-refractivity contribution is 7.91. The number of nitrogens with two attached hydrogens (primary N) is 1. The molecule has 5 nitrogen and oxygen atoms in total. The molecule has 0 spiro atoms. The summed E-state index contributed by atoms with van der Waals surface area (Å²) in [5.74, 6) is 0. The number of thiazole rings is 1. The van der Waals surface area contributed by atoms with E-state index in [2.05, 4.69) is 9.71 Å². The first-order chi connectivity index (χ1) is 8.53. The number of hydrogen-bond acceptors (Lipinski definition) is 6. The fraction of sp³-hybridized carbons (Fsp3) is 0.300. The van der Waals surface area contributed by atoms with Gasteiger partial charge in [-0.3, -0.25) is 0 Å². The molecular formula is C10H13N3O2S3. The molecule has 0 fully saturated rings. The minimum Gasteiger partial charge on any atom is -0.326 e. The number of nitrogens with zero attached hydrogens (tertiary/aromatic N) is 1. The molecule has 2 heterocycles. The molecule has 0 aromatic carbocycles. The average molecular weight is 303 g/mol. The summed E-state index contributed by atoms with van der Waals surface area (Å²) in [6.45, 7) is 2.48. The van der Waals surface area contributed by atoms with E-state index in [0.29, 0.717) is 10.8 Å². The summed E-state index contributed by atoms with van der Waals surface area (Å²) in [7, 11) is -3.45. The van der Waals surface area contributed by atoms with Gasteiger partial charge >= 0.3 is 0 Å². The van der Waals surface area contributed by atoms with E-state index >= 15 is 0 Å². The molecule has 2 rings (SSSR count). The standard InChI is InChI=1S/C10H13N3O2S3/c1-7-9(17-6-12-7)4-13-18(14,15)10-2-8(3-11)5-16-10/h2,5-6,13H,3-4,11H2,1H3. The maximum absolute atomic E-state index is 12.0. The molecule has 0 atom stereocenters. The van der Waals surface area contributed by atoms with Gasteiger partial charge in [0.15, 0.2) is 0 Å². The molecule has 0 aliphatic rings. The van der Waals surface area contributed by atoms with Crippen LogP contribution < -0.4 is 10.5 Å². The Kier molecular flexibility index (Phi) is 4.13. The largest absolute Gasteiger partial charge is 0.326 e. The summed E-state index contributed by atoms with van der Waals surface area (Å²) in [6.07, 6.45) is 0. The van der Waals surface area contributed by atoms with Gasteiger partial charge in [-0.1, -0.05) is 0 Å². The molecule has 18 heavy (non-hydrogen) atoms. The molecule has 0 radical (unpaired) electrons. The van der Waals surface area contributed by atoms with Crippen molar-refractivity contribution in [3.8, 4) is 0 Å². The molecule has 0 aliphatic heterocycles. The second-order valence-corrected chi connectivity index (χ2v) is 7.51. The highest BCUT2D eigenvalue weighted by Gasteiger charge is 2.17. The van der Waals surface area contributed by atoms with E-state index in [1.165, 1.54) is 22.7 Å². The first-order valence-electron chi connectivity index (χ1n) is 5.19. The van der Waals surface area contributed by atoms with Gasteiger partial charge in [0.2, 0.25) is 10.0 Å². The Bertz CT molecular complexity index is 630. The lowest BCUT2D eigenvalue weighted by Gasteiger charge is -2.03. The van der Waals surface area contributed by atoms with Crippen LogP contribution in [0.1, 0.15) is 16.1 Å². The molecular weight excluding hydrogens is 290 g/mol. The molecule has 0 amide bonds. The number of hydrogen-bond donors (Lipinski definition) is 2. The predicted octanol–water partition coefficient (Wildman–Crippen LogP) is 1.45. The lowest BCUT2D eigenvalue weighted by atomic mass is 10.4. The second-order valence-electron chi connectivity index (χ2n) is 3.66. The van der Waals surface area contributed by atoms with Crippen molar-refractivity contribution in [1.29, 1.82) is 0 Å². The maximum Gasteiger partial charge on any atom is 0.250 e. The zero-order valence-electron chi connectivity index (χ0n) is 9.71. The van der Waals surface area contributed by atoms with Gasteiger partial charge in [0.05, 0.1) is 11.2 Å². The maximum atomic E-state index is 12.0. The smallest absolute Gasteiger partial charge is 0.250 e. The summed E-state index contributed by atoms with van der Waals surface area (Å²) in [6, 6.07) is 1.60. The molecule has 0 aliphatic carbocycles. The van der Waals surface area contributed by atoms with Crippen LogP contribution in [0.4, 0.5) is 0 Å². The van der Waals surface area contributed by atoms with Crippen molar-refractivity contribution in [2.24, 2.45) is 5.73 Å². The van der Waals surface area contributed by atoms with Crippen LogP contribution in [-0.4, -0.2) is 13.4 Å². The lowest BCUT2D eigenvalue weighted by Crippen LogP contribution is -2.22. The number of sulfonamides is 1. The normalized spacial score (nSPS) is 11.9. The van der Waals surface area contributed by atoms with Gasteiger partial charge in [-0.25, -0.2) is 18.1 Å². The zero-order valence-corrected chi connectivity index (χ0v) is 12.2. The monoisotopic (exact) mass is 303 g/mol. The molecule has 0 saturated heterocycles. The lowest BCUT2D eigenvalue weighted by molar-refractivity contribution is 0.583. The molecule has 0 saturated carbocycles. The number of nitrogens with one attached hydrogen (secondary N) is 1. The molecule has 0 unspecified atom stereocenters. The van der Waals surface area contributed by atoms with Crippen molar-refractivity contribution in [1.82, 2.24) is 9.71 Å². The zero-order chi connectivity index (χ0) is 13.2. The van der Waals surface area contributed by atoms with Crippen LogP contribution in [0.25, 0.3) is 0 Å². The summed E-state index contributed by atoms with van der Waals surface area (Å²) in [5, 5.41) is 1.76. The van der Waals surface area contributed by atoms with Crippen LogP contribution in [0, 0.1) is 6.92 Å². The molecule has 98 valence electrons. The third kappa shape index (κ3) is 2.96. The molecule has 3 N–H and O–H groups in total. The van der Waals surface area contributed by atoms with E-state index in [1.54, 1.807) is 17.0 Å². The fourth-order valence-electron chi connectivity index (χ4n) is 1.33. The van der Waals surface area contributed by atoms with Gasteiger partial charge in [-0.15, -0.1) is 22.7 Å². The first-order valence-corrected chi connectivity index (χ1v) is 8.43. The van der Waals surface area contributed by atoms with Crippen molar-refractivity contribution in [3.05, 3.63) is 33.1 Å². The molecule has 8 heteroatoms. The number of aromatic nitrogens is 1. The Hall–Kier alpha value is -0.800. The third-order valence-corrected chi connectivity index (χ3v) is 6.22. The first kappa shape index (κ1) is 13.6. The minimum atomic E-state index is -3.45. The Labute approximate surface area is 114 Å². The summed E-state index contributed by atoms with van der Waals surface area (Å²) < 4.78 is 26.9. The number of aryl methyl sites for hydroxylation is 1. The van der Waals surface area contributed by atoms with Gasteiger partial charge in [0.25, 0.3) is 0 Å². The van der Waals surface area contributed by atoms with Crippen LogP contribution in [0.5, 0.6) is 0 Å². The molecule has 2 aromatic heterocycles. The summed E-state index contributed by atoms with van der Waals surface area (Å²) in [4.78, 5) is 5.00. The van der Waals surface area contributed by atoms with Crippen molar-refractivity contribution in [3.63, 3.8) is 0 Å². The summed E-state index contributed by atoms with van der Waals surface area (Å²) >= 11 is 2.62. The highest BCUT2D eigenvalue weighted by atomic mass is 32.2. The average Bonchev–Trinajstić information content (AvgIpc) is 2.95. The third-order valence-electron chi connectivity index (χ3n) is 2.40. The van der Waals surface area contributed by atoms with Gasteiger partial charge < -0.3 is 5.73 Å². The van der Waals surface area contributed by atoms with Crippen LogP contribution in [-0.2, 0) is 23.1 Å². The van der Waals surface area contributed by atoms with E-state index in [9.17, 15) is 8.42 Å². The Balaban J connectivity index is 2.10. The van der Waals surface area contributed by atoms with Crippen LogP contribution >= 0.6 is 22.7 Å². The van der Waals surface area contributed by atoms with Gasteiger partial charge in [-0.2, -0.15) is 0 Å². The number of thiophene rings is 1. The molecule has 2 aromatic rings. The SMILES string of the molecule is Cc1ncsc1CNS(=O)(=O)c1cc(CN)cs1. The Morgan fingerprint density at radius 2 is 2.22 bits per heavy atom. The van der Waals surface area contributed by atoms with Crippen molar-refractivity contribution in [2.75, 3.05) is 0 Å². The van der Waals surface area contributed by atoms with Gasteiger partial charge in [0.1, 0.15) is 4.21 Å². The van der Waals surface area contributed by atoms with E-state index in [-0.39, 0.29) is 6.54 Å². The quantitative estimate of drug-likeness (QED) is 0.875. The van der Waals surface area contributed by atoms with E-state index in [0.717, 1.165) is 16.1 Å². The van der Waals surface area contributed by atoms with E-state index in [4.69, 9.17) is 5.73 Å². The predicted molar refractivity (Wildman–Crippen MR) is 73.1 cm³/mol. The summed E-state index contributed by atoms with van der Waals surface area (Å²) in [5.41, 5.74) is 8.85. The topological polar surface area (TPSA) is 85.1 Å².